The van der Waals surface area contributed by atoms with E-state index in [4.69, 9.17) is 9.47 Å². The van der Waals surface area contributed by atoms with Crippen molar-refractivity contribution in [2.45, 2.75) is 64.8 Å². The molecule has 0 aliphatic heterocycles. The van der Waals surface area contributed by atoms with Crippen molar-refractivity contribution in [1.82, 2.24) is 9.55 Å². The smallest absolute Gasteiger partial charge is 0.119 e. The molecule has 0 saturated heterocycles. The van der Waals surface area contributed by atoms with Gasteiger partial charge in [-0.3, -0.25) is 0 Å². The van der Waals surface area contributed by atoms with Crippen LogP contribution >= 0.6 is 0 Å². The zero-order chi connectivity index (χ0) is 18.5. The van der Waals surface area contributed by atoms with Gasteiger partial charge in [-0.25, -0.2) is 4.98 Å². The van der Waals surface area contributed by atoms with Gasteiger partial charge in [0, 0.05) is 19.0 Å². The van der Waals surface area contributed by atoms with E-state index < -0.39 is 0 Å². The fourth-order valence-electron chi connectivity index (χ4n) is 3.06. The topological polar surface area (TPSA) is 36.3 Å². The molecule has 2 aromatic rings. The third-order valence-corrected chi connectivity index (χ3v) is 4.62. The van der Waals surface area contributed by atoms with Crippen LogP contribution in [0.1, 0.15) is 64.0 Å². The number of ether oxygens (including phenoxy) is 2. The lowest BCUT2D eigenvalue weighted by molar-refractivity contribution is 0.113. The van der Waals surface area contributed by atoms with Crippen molar-refractivity contribution in [1.29, 1.82) is 0 Å². The Balaban J connectivity index is 1.75. The first-order valence-corrected chi connectivity index (χ1v) is 10.1. The monoisotopic (exact) mass is 358 g/mol. The lowest BCUT2D eigenvalue weighted by atomic mass is 10.1. The zero-order valence-corrected chi connectivity index (χ0v) is 16.4. The number of benzene rings is 1. The van der Waals surface area contributed by atoms with Gasteiger partial charge in [0.1, 0.15) is 5.75 Å². The summed E-state index contributed by atoms with van der Waals surface area (Å²) in [5.41, 5.74) is 1.29. The van der Waals surface area contributed by atoms with Crippen LogP contribution in [0.3, 0.4) is 0 Å². The van der Waals surface area contributed by atoms with E-state index >= 15 is 0 Å². The van der Waals surface area contributed by atoms with Crippen molar-refractivity contribution in [3.63, 3.8) is 0 Å². The summed E-state index contributed by atoms with van der Waals surface area (Å²) in [5.74, 6) is 0.964. The van der Waals surface area contributed by atoms with Crippen LogP contribution in [0.4, 0.5) is 0 Å². The van der Waals surface area contributed by atoms with Crippen molar-refractivity contribution in [3.8, 4) is 5.75 Å². The summed E-state index contributed by atoms with van der Waals surface area (Å²) in [6.07, 6.45) is 14.3. The van der Waals surface area contributed by atoms with E-state index in [0.717, 1.165) is 31.8 Å². The highest BCUT2D eigenvalue weighted by molar-refractivity contribution is 5.27. The number of nitrogens with zero attached hydrogens (tertiary/aromatic N) is 2. The second kappa shape index (κ2) is 12.5. The van der Waals surface area contributed by atoms with Crippen LogP contribution in [0.2, 0.25) is 0 Å². The second-order valence-corrected chi connectivity index (χ2v) is 6.79. The van der Waals surface area contributed by atoms with E-state index in [-0.39, 0.29) is 6.04 Å². The number of aromatic nitrogens is 2. The molecule has 0 spiro atoms. The summed E-state index contributed by atoms with van der Waals surface area (Å²) in [6, 6.07) is 8.75. The van der Waals surface area contributed by atoms with Gasteiger partial charge in [0.05, 0.1) is 25.6 Å². The molecule has 0 unspecified atom stereocenters. The van der Waals surface area contributed by atoms with Gasteiger partial charge in [-0.2, -0.15) is 0 Å². The molecule has 0 N–H and O–H groups in total. The predicted molar refractivity (Wildman–Crippen MR) is 107 cm³/mol. The normalized spacial score (nSPS) is 12.2. The minimum atomic E-state index is 0.271. The van der Waals surface area contributed by atoms with Crippen LogP contribution in [0, 0.1) is 0 Å². The fourth-order valence-corrected chi connectivity index (χ4v) is 3.06. The maximum Gasteiger partial charge on any atom is 0.119 e. The number of rotatable bonds is 14. The Morgan fingerprint density at radius 2 is 1.77 bits per heavy atom. The van der Waals surface area contributed by atoms with Gasteiger partial charge in [0.25, 0.3) is 0 Å². The average Bonchev–Trinajstić information content (AvgIpc) is 3.20. The first-order valence-electron chi connectivity index (χ1n) is 10.1. The molecule has 0 radical (unpaired) electrons. The molecule has 1 aromatic heterocycles. The highest BCUT2D eigenvalue weighted by Crippen LogP contribution is 2.19. The fraction of sp³-hybridized carbons (Fsp3) is 0.591. The predicted octanol–water partition coefficient (Wildman–Crippen LogP) is 5.44. The molecule has 1 heterocycles. The summed E-state index contributed by atoms with van der Waals surface area (Å²) in [4.78, 5) is 4.16. The minimum absolute atomic E-state index is 0.271. The second-order valence-electron chi connectivity index (χ2n) is 6.79. The molecule has 26 heavy (non-hydrogen) atoms. The lowest BCUT2D eigenvalue weighted by Gasteiger charge is -2.18. The van der Waals surface area contributed by atoms with E-state index in [1.165, 1.54) is 37.7 Å². The van der Waals surface area contributed by atoms with Crippen LogP contribution in [0.15, 0.2) is 43.0 Å². The van der Waals surface area contributed by atoms with Crippen molar-refractivity contribution < 1.29 is 9.47 Å². The molecule has 4 nitrogen and oxygen atoms in total. The Bertz CT molecular complexity index is 566. The molecule has 4 heteroatoms. The maximum absolute atomic E-state index is 5.87. The number of hydrogen-bond donors (Lipinski definition) is 0. The van der Waals surface area contributed by atoms with Crippen molar-refractivity contribution in [2.75, 3.05) is 19.8 Å². The van der Waals surface area contributed by atoms with Gasteiger partial charge in [-0.15, -0.1) is 0 Å². The molecule has 0 amide bonds. The summed E-state index contributed by atoms with van der Waals surface area (Å²) >= 11 is 0. The van der Waals surface area contributed by atoms with Crippen LogP contribution < -0.4 is 4.74 Å². The Kier molecular flexibility index (Phi) is 9.88. The van der Waals surface area contributed by atoms with Gasteiger partial charge in [-0.1, -0.05) is 51.2 Å². The number of unbranched alkanes of at least 4 members (excludes halogenated alkanes) is 5. The molecule has 0 fully saturated rings. The molecule has 0 aliphatic rings. The van der Waals surface area contributed by atoms with Crippen molar-refractivity contribution in [3.05, 3.63) is 48.5 Å². The maximum atomic E-state index is 5.87. The third kappa shape index (κ3) is 7.61. The quantitative estimate of drug-likeness (QED) is 0.422. The SMILES string of the molecule is CCCCCCCCOc1ccc(C[C@@H](COCC)n2ccnc2)cc1. The Hall–Kier alpha value is -1.81. The summed E-state index contributed by atoms with van der Waals surface area (Å²) in [6.45, 7) is 6.52. The number of hydrogen-bond acceptors (Lipinski definition) is 3. The summed E-state index contributed by atoms with van der Waals surface area (Å²) in [5, 5.41) is 0. The van der Waals surface area contributed by atoms with E-state index in [0.29, 0.717) is 6.61 Å². The van der Waals surface area contributed by atoms with Gasteiger partial charge in [0.15, 0.2) is 0 Å². The molecule has 0 bridgehead atoms. The van der Waals surface area contributed by atoms with Gasteiger partial charge >= 0.3 is 0 Å². The molecule has 0 aliphatic carbocycles. The Morgan fingerprint density at radius 3 is 2.46 bits per heavy atom. The van der Waals surface area contributed by atoms with Gasteiger partial charge < -0.3 is 14.0 Å². The molecule has 144 valence electrons. The highest BCUT2D eigenvalue weighted by Gasteiger charge is 2.11. The largest absolute Gasteiger partial charge is 0.494 e. The first-order chi connectivity index (χ1) is 12.8. The molecular formula is C22H34N2O2. The van der Waals surface area contributed by atoms with Crippen LogP contribution in [-0.4, -0.2) is 29.4 Å². The standard InChI is InChI=1S/C22H34N2O2/c1-3-5-6-7-8-9-16-26-22-12-10-20(11-13-22)17-21(18-25-4-2)24-15-14-23-19-24/h10-15,19,21H,3-9,16-18H2,1-2H3/t21-/m0/s1. The van der Waals surface area contributed by atoms with Crippen molar-refractivity contribution >= 4 is 0 Å². The minimum Gasteiger partial charge on any atom is -0.494 e. The van der Waals surface area contributed by atoms with E-state index in [1.54, 1.807) is 0 Å². The summed E-state index contributed by atoms with van der Waals surface area (Å²) < 4.78 is 13.6. The molecular weight excluding hydrogens is 324 g/mol. The van der Waals surface area contributed by atoms with Gasteiger partial charge in [-0.05, 0) is 37.5 Å². The summed E-state index contributed by atoms with van der Waals surface area (Å²) in [7, 11) is 0. The zero-order valence-electron chi connectivity index (χ0n) is 16.4. The third-order valence-electron chi connectivity index (χ3n) is 4.62. The van der Waals surface area contributed by atoms with Gasteiger partial charge in [0.2, 0.25) is 0 Å². The van der Waals surface area contributed by atoms with E-state index in [2.05, 4.69) is 40.7 Å². The Labute approximate surface area is 158 Å². The van der Waals surface area contributed by atoms with Crippen molar-refractivity contribution in [2.24, 2.45) is 0 Å². The molecule has 2 rings (SSSR count). The highest BCUT2D eigenvalue weighted by atomic mass is 16.5. The Morgan fingerprint density at radius 1 is 1.00 bits per heavy atom. The first kappa shape index (κ1) is 20.5. The van der Waals surface area contributed by atoms with Crippen LogP contribution in [0.25, 0.3) is 0 Å². The average molecular weight is 359 g/mol. The van der Waals surface area contributed by atoms with Crippen LogP contribution in [0.5, 0.6) is 5.75 Å². The molecule has 0 saturated carbocycles. The molecule has 1 atom stereocenters. The lowest BCUT2D eigenvalue weighted by Crippen LogP contribution is -2.17. The van der Waals surface area contributed by atoms with Crippen LogP contribution in [-0.2, 0) is 11.2 Å². The van der Waals surface area contributed by atoms with E-state index in [1.807, 2.05) is 25.6 Å². The van der Waals surface area contributed by atoms with E-state index in [9.17, 15) is 0 Å². The number of imidazole rings is 1. The molecule has 1 aromatic carbocycles.